The standard InChI is InChI=1S/C24H31NO5/c1-15-10-16(2)12-17(11-15)23(25-9-7-6-8-19(25)24(26)27)18-13-21(29-4)22(30-5)14-20(18)28-3/h10-14,19,23H,6-9H2,1-5H3,(H,26,27). The minimum Gasteiger partial charge on any atom is -0.496 e. The molecule has 0 saturated carbocycles. The SMILES string of the molecule is COc1cc(OC)c(C(c2cc(C)cc(C)c2)N2CCCCC2C(=O)O)cc1OC. The number of carboxylic acid groups (broad SMARTS) is 1. The summed E-state index contributed by atoms with van der Waals surface area (Å²) in [6.45, 7) is 4.82. The maximum absolute atomic E-state index is 12.1. The Morgan fingerprint density at radius 3 is 2.10 bits per heavy atom. The molecule has 2 unspecified atom stereocenters. The van der Waals surface area contributed by atoms with Crippen LogP contribution in [0.5, 0.6) is 17.2 Å². The first-order valence-corrected chi connectivity index (χ1v) is 10.3. The Labute approximate surface area is 178 Å². The number of nitrogens with zero attached hydrogens (tertiary/aromatic N) is 1. The molecule has 0 bridgehead atoms. The van der Waals surface area contributed by atoms with Gasteiger partial charge in [0.25, 0.3) is 0 Å². The van der Waals surface area contributed by atoms with E-state index in [1.54, 1.807) is 21.3 Å². The van der Waals surface area contributed by atoms with E-state index in [1.165, 1.54) is 0 Å². The van der Waals surface area contributed by atoms with Gasteiger partial charge < -0.3 is 19.3 Å². The second kappa shape index (κ2) is 9.39. The summed E-state index contributed by atoms with van der Waals surface area (Å²) in [5.41, 5.74) is 4.19. The van der Waals surface area contributed by atoms with Crippen LogP contribution >= 0.6 is 0 Å². The van der Waals surface area contributed by atoms with Crippen molar-refractivity contribution in [2.24, 2.45) is 0 Å². The van der Waals surface area contributed by atoms with E-state index in [0.29, 0.717) is 30.2 Å². The molecule has 0 amide bonds. The Hall–Kier alpha value is -2.73. The molecule has 1 fully saturated rings. The van der Waals surface area contributed by atoms with Gasteiger partial charge in [0.05, 0.1) is 27.4 Å². The van der Waals surface area contributed by atoms with Gasteiger partial charge >= 0.3 is 5.97 Å². The van der Waals surface area contributed by atoms with Crippen molar-refractivity contribution in [3.05, 3.63) is 52.6 Å². The number of piperidine rings is 1. The average Bonchev–Trinajstić information content (AvgIpc) is 2.73. The normalized spacial score (nSPS) is 18.0. The van der Waals surface area contributed by atoms with Gasteiger partial charge in [-0.05, 0) is 44.9 Å². The monoisotopic (exact) mass is 413 g/mol. The van der Waals surface area contributed by atoms with Crippen molar-refractivity contribution < 1.29 is 24.1 Å². The van der Waals surface area contributed by atoms with E-state index in [0.717, 1.165) is 35.1 Å². The van der Waals surface area contributed by atoms with Crippen LogP contribution in [0.2, 0.25) is 0 Å². The third kappa shape index (κ3) is 4.38. The molecule has 30 heavy (non-hydrogen) atoms. The van der Waals surface area contributed by atoms with Gasteiger partial charge in [0.2, 0.25) is 0 Å². The fraction of sp³-hybridized carbons (Fsp3) is 0.458. The molecule has 0 spiro atoms. The smallest absolute Gasteiger partial charge is 0.320 e. The van der Waals surface area contributed by atoms with E-state index in [2.05, 4.69) is 36.9 Å². The van der Waals surface area contributed by atoms with Crippen molar-refractivity contribution in [2.45, 2.75) is 45.2 Å². The zero-order chi connectivity index (χ0) is 21.8. The zero-order valence-corrected chi connectivity index (χ0v) is 18.4. The number of hydrogen-bond acceptors (Lipinski definition) is 5. The molecule has 1 aliphatic heterocycles. The number of ether oxygens (including phenoxy) is 3. The lowest BCUT2D eigenvalue weighted by Gasteiger charge is -2.40. The van der Waals surface area contributed by atoms with E-state index in [4.69, 9.17) is 14.2 Å². The van der Waals surface area contributed by atoms with E-state index >= 15 is 0 Å². The van der Waals surface area contributed by atoms with Crippen LogP contribution in [0.15, 0.2) is 30.3 Å². The minimum absolute atomic E-state index is 0.278. The summed E-state index contributed by atoms with van der Waals surface area (Å²) in [4.78, 5) is 14.2. The van der Waals surface area contributed by atoms with E-state index in [9.17, 15) is 9.90 Å². The topological polar surface area (TPSA) is 68.2 Å². The number of aryl methyl sites for hydroxylation is 2. The highest BCUT2D eigenvalue weighted by molar-refractivity contribution is 5.74. The molecule has 1 aliphatic rings. The number of benzene rings is 2. The number of carboxylic acids is 1. The first-order chi connectivity index (χ1) is 14.4. The molecule has 2 aromatic rings. The first kappa shape index (κ1) is 22.0. The summed E-state index contributed by atoms with van der Waals surface area (Å²) in [6.07, 6.45) is 2.50. The second-order valence-electron chi connectivity index (χ2n) is 7.86. The number of carbonyl (C=O) groups is 1. The molecule has 1 N–H and O–H groups in total. The zero-order valence-electron chi connectivity index (χ0n) is 18.4. The van der Waals surface area contributed by atoms with E-state index in [1.807, 2.05) is 12.1 Å². The Morgan fingerprint density at radius 1 is 0.933 bits per heavy atom. The average molecular weight is 414 g/mol. The number of likely N-dealkylation sites (tertiary alicyclic amines) is 1. The van der Waals surface area contributed by atoms with Crippen LogP contribution in [-0.4, -0.2) is 49.9 Å². The minimum atomic E-state index is -0.788. The molecule has 2 atom stereocenters. The first-order valence-electron chi connectivity index (χ1n) is 10.3. The highest BCUT2D eigenvalue weighted by Gasteiger charge is 2.37. The van der Waals surface area contributed by atoms with Crippen LogP contribution in [0.3, 0.4) is 0 Å². The molecule has 162 valence electrons. The van der Waals surface area contributed by atoms with Crippen molar-refractivity contribution in [3.8, 4) is 17.2 Å². The van der Waals surface area contributed by atoms with Crippen molar-refractivity contribution in [1.82, 2.24) is 4.90 Å². The molecule has 3 rings (SSSR count). The van der Waals surface area contributed by atoms with Crippen molar-refractivity contribution >= 4 is 5.97 Å². The summed E-state index contributed by atoms with van der Waals surface area (Å²) in [5.74, 6) is 1.02. The van der Waals surface area contributed by atoms with Gasteiger partial charge in [0, 0.05) is 11.6 Å². The van der Waals surface area contributed by atoms with E-state index < -0.39 is 12.0 Å². The highest BCUT2D eigenvalue weighted by Crippen LogP contribution is 2.43. The third-order valence-electron chi connectivity index (χ3n) is 5.75. The predicted octanol–water partition coefficient (Wildman–Crippen LogP) is 4.36. The Balaban J connectivity index is 2.25. The number of hydrogen-bond donors (Lipinski definition) is 1. The molecular formula is C24H31NO5. The molecule has 0 radical (unpaired) electrons. The van der Waals surface area contributed by atoms with Crippen LogP contribution in [0.1, 0.15) is 47.6 Å². The Bertz CT molecular complexity index is 890. The van der Waals surface area contributed by atoms with Gasteiger partial charge in [0.1, 0.15) is 11.8 Å². The fourth-order valence-corrected chi connectivity index (χ4v) is 4.51. The van der Waals surface area contributed by atoms with Crippen molar-refractivity contribution in [2.75, 3.05) is 27.9 Å². The molecular weight excluding hydrogens is 382 g/mol. The van der Waals surface area contributed by atoms with Crippen LogP contribution in [0.4, 0.5) is 0 Å². The highest BCUT2D eigenvalue weighted by atomic mass is 16.5. The van der Waals surface area contributed by atoms with Gasteiger partial charge in [-0.25, -0.2) is 0 Å². The maximum atomic E-state index is 12.1. The van der Waals surface area contributed by atoms with Gasteiger partial charge in [-0.2, -0.15) is 0 Å². The van der Waals surface area contributed by atoms with Gasteiger partial charge in [-0.3, -0.25) is 9.69 Å². The molecule has 6 nitrogen and oxygen atoms in total. The van der Waals surface area contributed by atoms with Crippen LogP contribution in [-0.2, 0) is 4.79 Å². The largest absolute Gasteiger partial charge is 0.496 e. The lowest BCUT2D eigenvalue weighted by molar-refractivity contribution is -0.145. The Kier molecular flexibility index (Phi) is 6.87. The Morgan fingerprint density at radius 2 is 1.53 bits per heavy atom. The summed E-state index contributed by atoms with van der Waals surface area (Å²) in [7, 11) is 4.80. The number of aliphatic carboxylic acids is 1. The lowest BCUT2D eigenvalue weighted by Crippen LogP contribution is -2.47. The quantitative estimate of drug-likeness (QED) is 0.728. The molecule has 2 aromatic carbocycles. The molecule has 0 aliphatic carbocycles. The van der Waals surface area contributed by atoms with Crippen LogP contribution < -0.4 is 14.2 Å². The summed E-state index contributed by atoms with van der Waals surface area (Å²) in [6, 6.07) is 9.26. The van der Waals surface area contributed by atoms with Gasteiger partial charge in [-0.1, -0.05) is 35.7 Å². The fourth-order valence-electron chi connectivity index (χ4n) is 4.51. The van der Waals surface area contributed by atoms with Crippen molar-refractivity contribution in [1.29, 1.82) is 0 Å². The van der Waals surface area contributed by atoms with Crippen LogP contribution in [0.25, 0.3) is 0 Å². The lowest BCUT2D eigenvalue weighted by atomic mass is 9.89. The van der Waals surface area contributed by atoms with Gasteiger partial charge in [-0.15, -0.1) is 0 Å². The van der Waals surface area contributed by atoms with Crippen molar-refractivity contribution in [3.63, 3.8) is 0 Å². The second-order valence-corrected chi connectivity index (χ2v) is 7.86. The van der Waals surface area contributed by atoms with Crippen LogP contribution in [0, 0.1) is 13.8 Å². The number of methoxy groups -OCH3 is 3. The predicted molar refractivity (Wildman–Crippen MR) is 116 cm³/mol. The molecule has 0 aromatic heterocycles. The van der Waals surface area contributed by atoms with E-state index in [-0.39, 0.29) is 6.04 Å². The third-order valence-corrected chi connectivity index (χ3v) is 5.75. The summed E-state index contributed by atoms with van der Waals surface area (Å²) >= 11 is 0. The molecule has 1 saturated heterocycles. The maximum Gasteiger partial charge on any atom is 0.320 e. The molecule has 6 heteroatoms. The number of rotatable bonds is 7. The van der Waals surface area contributed by atoms with Gasteiger partial charge in [0.15, 0.2) is 11.5 Å². The molecule has 1 heterocycles. The summed E-state index contributed by atoms with van der Waals surface area (Å²) < 4.78 is 16.7. The summed E-state index contributed by atoms with van der Waals surface area (Å²) in [5, 5.41) is 9.95.